The maximum atomic E-state index is 9.24. The number of imidazole rings is 1. The van der Waals surface area contributed by atoms with Gasteiger partial charge < -0.3 is 15.1 Å². The summed E-state index contributed by atoms with van der Waals surface area (Å²) in [4.78, 5) is 8.74. The zero-order valence-corrected chi connectivity index (χ0v) is 11.5. The summed E-state index contributed by atoms with van der Waals surface area (Å²) in [6, 6.07) is 6.16. The van der Waals surface area contributed by atoms with E-state index < -0.39 is 0 Å². The maximum absolute atomic E-state index is 9.24. The molecule has 1 aromatic carbocycles. The zero-order valence-electron chi connectivity index (χ0n) is 10.7. The van der Waals surface area contributed by atoms with Gasteiger partial charge in [0.15, 0.2) is 0 Å². The number of hydrogen-bond acceptors (Lipinski definition) is 3. The van der Waals surface area contributed by atoms with Crippen LogP contribution < -0.4 is 0 Å². The molecule has 0 atom stereocenters. The van der Waals surface area contributed by atoms with Crippen LogP contribution in [0.25, 0.3) is 21.9 Å². The summed E-state index contributed by atoms with van der Waals surface area (Å²) >= 11 is 0. The minimum absolute atomic E-state index is 0. The van der Waals surface area contributed by atoms with Gasteiger partial charge in [0.2, 0.25) is 0 Å². The molecule has 0 saturated carbocycles. The van der Waals surface area contributed by atoms with E-state index in [1.165, 1.54) is 5.56 Å². The molecule has 6 heteroatoms. The topological polar surface area (TPSA) is 82.4 Å². The monoisotopic (exact) mass is 281 g/mol. The summed E-state index contributed by atoms with van der Waals surface area (Å²) in [6.07, 6.45) is 1.76. The van der Waals surface area contributed by atoms with Crippen molar-refractivity contribution in [2.75, 3.05) is 0 Å². The second-order valence-electron chi connectivity index (χ2n) is 4.26. The minimum Gasteiger partial charge on any atom is -0.412 e. The number of pyridine rings is 1. The largest absolute Gasteiger partial charge is 0.412 e. The molecule has 2 heterocycles. The molecule has 0 amide bonds. The van der Waals surface area contributed by atoms with Crippen LogP contribution in [0.2, 0.25) is 0 Å². The normalized spacial score (nSPS) is 10.3. The van der Waals surface area contributed by atoms with Gasteiger partial charge in [-0.15, -0.1) is 12.4 Å². The van der Waals surface area contributed by atoms with Crippen molar-refractivity contribution in [3.63, 3.8) is 0 Å². The average molecular weight is 282 g/mol. The summed E-state index contributed by atoms with van der Waals surface area (Å²) in [5, 5.41) is 10.3. The summed E-state index contributed by atoms with van der Waals surface area (Å²) < 4.78 is 1.93. The Bertz CT molecular complexity index is 725. The highest BCUT2D eigenvalue weighted by Crippen LogP contribution is 2.24. The van der Waals surface area contributed by atoms with E-state index in [9.17, 15) is 5.11 Å². The van der Waals surface area contributed by atoms with Crippen molar-refractivity contribution in [1.82, 2.24) is 14.5 Å². The standard InChI is InChI=1S/C13H13N3O.ClH.H2O/c1-8-3-4-10-9(5-8)13-11(6-14-10)15-12(7-17)16(13)2;;/h3-6,17H,7H2,1-2H3;1H;1H2. The first-order chi connectivity index (χ1) is 8.20. The number of rotatable bonds is 1. The SMILES string of the molecule is Cc1ccc2ncc3nc(CO)n(C)c3c2c1.Cl.O. The molecular formula is C13H16ClN3O2. The van der Waals surface area contributed by atoms with Crippen LogP contribution in [0.1, 0.15) is 11.4 Å². The van der Waals surface area contributed by atoms with Gasteiger partial charge in [-0.25, -0.2) is 4.98 Å². The van der Waals surface area contributed by atoms with Gasteiger partial charge in [-0.3, -0.25) is 4.98 Å². The Morgan fingerprint density at radius 2 is 2.00 bits per heavy atom. The molecule has 0 unspecified atom stereocenters. The van der Waals surface area contributed by atoms with Crippen molar-refractivity contribution in [3.8, 4) is 0 Å². The molecule has 3 N–H and O–H groups in total. The van der Waals surface area contributed by atoms with E-state index in [1.807, 2.05) is 23.7 Å². The second kappa shape index (κ2) is 5.52. The van der Waals surface area contributed by atoms with Crippen molar-refractivity contribution < 1.29 is 10.6 Å². The summed E-state index contributed by atoms with van der Waals surface area (Å²) in [5.41, 5.74) is 4.01. The van der Waals surface area contributed by atoms with Crippen molar-refractivity contribution in [2.24, 2.45) is 7.05 Å². The first kappa shape index (κ1) is 15.4. The van der Waals surface area contributed by atoms with Crippen molar-refractivity contribution in [3.05, 3.63) is 35.8 Å². The molecule has 0 radical (unpaired) electrons. The third kappa shape index (κ3) is 2.28. The molecule has 5 nitrogen and oxygen atoms in total. The number of aliphatic hydroxyl groups is 1. The fourth-order valence-corrected chi connectivity index (χ4v) is 2.20. The Morgan fingerprint density at radius 1 is 1.26 bits per heavy atom. The van der Waals surface area contributed by atoms with Gasteiger partial charge in [0, 0.05) is 12.4 Å². The molecule has 102 valence electrons. The van der Waals surface area contributed by atoms with Gasteiger partial charge in [-0.1, -0.05) is 11.6 Å². The highest BCUT2D eigenvalue weighted by atomic mass is 35.5. The lowest BCUT2D eigenvalue weighted by atomic mass is 10.1. The van der Waals surface area contributed by atoms with E-state index in [2.05, 4.69) is 23.0 Å². The van der Waals surface area contributed by atoms with Crippen LogP contribution in [-0.2, 0) is 13.7 Å². The predicted octanol–water partition coefficient (Wildman–Crippen LogP) is 1.52. The van der Waals surface area contributed by atoms with Crippen LogP contribution in [0.15, 0.2) is 24.4 Å². The Kier molecular flexibility index (Phi) is 4.47. The van der Waals surface area contributed by atoms with Crippen LogP contribution in [-0.4, -0.2) is 25.1 Å². The first-order valence-corrected chi connectivity index (χ1v) is 5.52. The molecular weight excluding hydrogens is 266 g/mol. The molecule has 0 aliphatic rings. The number of aryl methyl sites for hydroxylation is 2. The number of nitrogens with zero attached hydrogens (tertiary/aromatic N) is 3. The van der Waals surface area contributed by atoms with Gasteiger partial charge in [0.1, 0.15) is 17.9 Å². The lowest BCUT2D eigenvalue weighted by molar-refractivity contribution is 0.268. The Labute approximate surface area is 116 Å². The van der Waals surface area contributed by atoms with Gasteiger partial charge in [0.05, 0.1) is 17.2 Å². The fraction of sp³-hybridized carbons (Fsp3) is 0.231. The van der Waals surface area contributed by atoms with Gasteiger partial charge >= 0.3 is 0 Å². The number of hydrogen-bond donors (Lipinski definition) is 1. The van der Waals surface area contributed by atoms with Gasteiger partial charge in [0.25, 0.3) is 0 Å². The number of halogens is 1. The molecule has 0 aliphatic heterocycles. The van der Waals surface area contributed by atoms with E-state index in [1.54, 1.807) is 6.20 Å². The van der Waals surface area contributed by atoms with E-state index in [-0.39, 0.29) is 24.5 Å². The zero-order chi connectivity index (χ0) is 12.0. The number of benzene rings is 1. The fourth-order valence-electron chi connectivity index (χ4n) is 2.20. The van der Waals surface area contributed by atoms with Crippen molar-refractivity contribution >= 4 is 34.3 Å². The minimum atomic E-state index is -0.0571. The predicted molar refractivity (Wildman–Crippen MR) is 77.5 cm³/mol. The Morgan fingerprint density at radius 3 is 2.68 bits per heavy atom. The quantitative estimate of drug-likeness (QED) is 0.734. The second-order valence-corrected chi connectivity index (χ2v) is 4.26. The molecule has 0 fully saturated rings. The average Bonchev–Trinajstić information content (AvgIpc) is 2.66. The molecule has 0 saturated heterocycles. The Hall–Kier alpha value is -1.69. The lowest BCUT2D eigenvalue weighted by Crippen LogP contribution is -1.97. The molecule has 0 bridgehead atoms. The van der Waals surface area contributed by atoms with E-state index in [0.717, 1.165) is 21.9 Å². The van der Waals surface area contributed by atoms with Crippen molar-refractivity contribution in [2.45, 2.75) is 13.5 Å². The third-order valence-electron chi connectivity index (χ3n) is 3.09. The number of fused-ring (bicyclic) bond motifs is 3. The lowest BCUT2D eigenvalue weighted by Gasteiger charge is -2.03. The summed E-state index contributed by atoms with van der Waals surface area (Å²) in [6.45, 7) is 2.00. The van der Waals surface area contributed by atoms with Crippen LogP contribution in [0.5, 0.6) is 0 Å². The highest BCUT2D eigenvalue weighted by molar-refractivity contribution is 6.02. The molecule has 3 aromatic rings. The van der Waals surface area contributed by atoms with E-state index >= 15 is 0 Å². The van der Waals surface area contributed by atoms with Crippen LogP contribution >= 0.6 is 12.4 Å². The van der Waals surface area contributed by atoms with Gasteiger partial charge in [-0.05, 0) is 19.1 Å². The summed E-state index contributed by atoms with van der Waals surface area (Å²) in [5.74, 6) is 0.663. The van der Waals surface area contributed by atoms with Crippen LogP contribution in [0, 0.1) is 6.92 Å². The molecule has 2 aromatic heterocycles. The third-order valence-corrected chi connectivity index (χ3v) is 3.09. The van der Waals surface area contributed by atoms with E-state index in [0.29, 0.717) is 5.82 Å². The smallest absolute Gasteiger partial charge is 0.135 e. The summed E-state index contributed by atoms with van der Waals surface area (Å²) in [7, 11) is 1.92. The number of aliphatic hydroxyl groups excluding tert-OH is 1. The van der Waals surface area contributed by atoms with Crippen molar-refractivity contribution in [1.29, 1.82) is 0 Å². The van der Waals surface area contributed by atoms with Gasteiger partial charge in [-0.2, -0.15) is 0 Å². The van der Waals surface area contributed by atoms with Crippen LogP contribution in [0.3, 0.4) is 0 Å². The molecule has 3 rings (SSSR count). The Balaban J connectivity index is 0.000000902. The van der Waals surface area contributed by atoms with E-state index in [4.69, 9.17) is 0 Å². The highest BCUT2D eigenvalue weighted by Gasteiger charge is 2.10. The van der Waals surface area contributed by atoms with Crippen LogP contribution in [0.4, 0.5) is 0 Å². The maximum Gasteiger partial charge on any atom is 0.135 e. The first-order valence-electron chi connectivity index (χ1n) is 5.52. The molecule has 0 aliphatic carbocycles. The molecule has 0 spiro atoms. The molecule has 19 heavy (non-hydrogen) atoms. The number of aromatic nitrogens is 3.